The molecule has 2 aromatic carbocycles. The number of anilines is 1. The molecule has 0 radical (unpaired) electrons. The van der Waals surface area contributed by atoms with E-state index in [1.54, 1.807) is 12.5 Å². The molecule has 0 aliphatic heterocycles. The van der Waals surface area contributed by atoms with Crippen LogP contribution in [0.2, 0.25) is 0 Å². The number of fused-ring (bicyclic) bond motifs is 1. The number of benzene rings is 2. The zero-order valence-corrected chi connectivity index (χ0v) is 21.8. The first-order valence-corrected chi connectivity index (χ1v) is 13.4. The van der Waals surface area contributed by atoms with Crippen molar-refractivity contribution in [2.24, 2.45) is 0 Å². The van der Waals surface area contributed by atoms with E-state index in [4.69, 9.17) is 0 Å². The van der Waals surface area contributed by atoms with Crippen molar-refractivity contribution in [1.29, 1.82) is 0 Å². The van der Waals surface area contributed by atoms with E-state index in [1.807, 2.05) is 41.8 Å². The molecule has 1 aliphatic carbocycles. The number of amides is 1. The standard InChI is InChI=1S/C29H37F2N5O2/c1-2-7-26(34-23-11-10-21-14-22(30)15-25(31)24(21)16-23)29(38)35-28-18-36(19-33-28)13-6-12-32-17-27(37)20-8-4-3-5-9-20/h3-5,8-9,14-15,18-19,23,26-27,32,34,37H,2,6-7,10-13,16-17H2,1H3,(H,35,38)/t23?,26-,27?/m0/s1. The largest absolute Gasteiger partial charge is 0.387 e. The Kier molecular flexibility index (Phi) is 9.98. The third-order valence-electron chi connectivity index (χ3n) is 6.97. The molecule has 1 aliphatic rings. The summed E-state index contributed by atoms with van der Waals surface area (Å²) in [5, 5.41) is 19.8. The molecule has 204 valence electrons. The third kappa shape index (κ3) is 7.69. The molecule has 3 atom stereocenters. The van der Waals surface area contributed by atoms with Gasteiger partial charge in [0.15, 0.2) is 5.82 Å². The first-order chi connectivity index (χ1) is 18.4. The Balaban J connectivity index is 1.22. The average Bonchev–Trinajstić information content (AvgIpc) is 3.35. The topological polar surface area (TPSA) is 91.2 Å². The minimum atomic E-state index is -0.548. The zero-order chi connectivity index (χ0) is 26.9. The van der Waals surface area contributed by atoms with Crippen LogP contribution in [0.25, 0.3) is 0 Å². The summed E-state index contributed by atoms with van der Waals surface area (Å²) >= 11 is 0. The van der Waals surface area contributed by atoms with Crippen molar-refractivity contribution in [2.75, 3.05) is 18.4 Å². The first-order valence-electron chi connectivity index (χ1n) is 13.4. The fourth-order valence-electron chi connectivity index (χ4n) is 4.97. The van der Waals surface area contributed by atoms with Gasteiger partial charge in [-0.3, -0.25) is 4.79 Å². The highest BCUT2D eigenvalue weighted by molar-refractivity contribution is 5.94. The lowest BCUT2D eigenvalue weighted by Gasteiger charge is -2.29. The first kappa shape index (κ1) is 27.9. The molecule has 0 bridgehead atoms. The summed E-state index contributed by atoms with van der Waals surface area (Å²) in [6, 6.07) is 11.4. The van der Waals surface area contributed by atoms with Gasteiger partial charge in [-0.15, -0.1) is 0 Å². The molecule has 0 saturated carbocycles. The van der Waals surface area contributed by atoms with Gasteiger partial charge >= 0.3 is 0 Å². The molecule has 1 aromatic heterocycles. The maximum atomic E-state index is 14.3. The number of halogens is 2. The van der Waals surface area contributed by atoms with Crippen molar-refractivity contribution in [3.05, 3.63) is 83.3 Å². The lowest BCUT2D eigenvalue weighted by Crippen LogP contribution is -2.48. The summed E-state index contributed by atoms with van der Waals surface area (Å²) in [5.41, 5.74) is 2.14. The zero-order valence-electron chi connectivity index (χ0n) is 21.8. The number of hydrogen-bond acceptors (Lipinski definition) is 5. The summed E-state index contributed by atoms with van der Waals surface area (Å²) in [6.45, 7) is 3.96. The molecular weight excluding hydrogens is 488 g/mol. The number of carbonyl (C=O) groups is 1. The maximum Gasteiger partial charge on any atom is 0.242 e. The van der Waals surface area contributed by atoms with Crippen LogP contribution in [0, 0.1) is 11.6 Å². The van der Waals surface area contributed by atoms with E-state index in [0.717, 1.165) is 37.6 Å². The van der Waals surface area contributed by atoms with Crippen LogP contribution in [0.4, 0.5) is 14.6 Å². The van der Waals surface area contributed by atoms with E-state index < -0.39 is 23.8 Å². The van der Waals surface area contributed by atoms with Gasteiger partial charge < -0.3 is 25.6 Å². The highest BCUT2D eigenvalue weighted by Crippen LogP contribution is 2.26. The van der Waals surface area contributed by atoms with Crippen LogP contribution in [-0.2, 0) is 24.2 Å². The number of aliphatic hydroxyl groups excluding tert-OH is 1. The van der Waals surface area contributed by atoms with Gasteiger partial charge in [0.25, 0.3) is 0 Å². The highest BCUT2D eigenvalue weighted by atomic mass is 19.1. The van der Waals surface area contributed by atoms with Gasteiger partial charge in [-0.1, -0.05) is 43.7 Å². The van der Waals surface area contributed by atoms with E-state index in [2.05, 4.69) is 20.9 Å². The lowest BCUT2D eigenvalue weighted by atomic mass is 9.87. The summed E-state index contributed by atoms with van der Waals surface area (Å²) in [7, 11) is 0. The number of imidazole rings is 1. The van der Waals surface area contributed by atoms with Crippen molar-refractivity contribution in [3.8, 4) is 0 Å². The van der Waals surface area contributed by atoms with Crippen molar-refractivity contribution < 1.29 is 18.7 Å². The number of carbonyl (C=O) groups excluding carboxylic acids is 1. The van der Waals surface area contributed by atoms with Crippen LogP contribution in [0.5, 0.6) is 0 Å². The minimum absolute atomic E-state index is 0.0600. The van der Waals surface area contributed by atoms with E-state index in [1.165, 1.54) is 6.07 Å². The number of nitrogens with zero attached hydrogens (tertiary/aromatic N) is 2. The number of aryl methyl sites for hydroxylation is 2. The lowest BCUT2D eigenvalue weighted by molar-refractivity contribution is -0.118. The van der Waals surface area contributed by atoms with E-state index in [-0.39, 0.29) is 11.9 Å². The Morgan fingerprint density at radius 3 is 2.84 bits per heavy atom. The molecule has 1 amide bonds. The molecule has 38 heavy (non-hydrogen) atoms. The summed E-state index contributed by atoms with van der Waals surface area (Å²) in [5.74, 6) is -0.746. The highest BCUT2D eigenvalue weighted by Gasteiger charge is 2.27. The van der Waals surface area contributed by atoms with Crippen molar-refractivity contribution in [2.45, 2.75) is 70.2 Å². The molecule has 3 aromatic rings. The van der Waals surface area contributed by atoms with Crippen LogP contribution in [-0.4, -0.2) is 45.7 Å². The molecule has 4 N–H and O–H groups in total. The molecule has 7 nitrogen and oxygen atoms in total. The average molecular weight is 526 g/mol. The van der Waals surface area contributed by atoms with Crippen LogP contribution < -0.4 is 16.0 Å². The molecular formula is C29H37F2N5O2. The van der Waals surface area contributed by atoms with E-state index in [9.17, 15) is 18.7 Å². The van der Waals surface area contributed by atoms with Gasteiger partial charge in [0.1, 0.15) is 11.6 Å². The summed E-state index contributed by atoms with van der Waals surface area (Å²) in [4.78, 5) is 17.4. The number of hydrogen-bond donors (Lipinski definition) is 4. The van der Waals surface area contributed by atoms with Crippen molar-refractivity contribution >= 4 is 11.7 Å². The number of nitrogens with one attached hydrogen (secondary N) is 3. The van der Waals surface area contributed by atoms with E-state index >= 15 is 0 Å². The summed E-state index contributed by atoms with van der Waals surface area (Å²) in [6.07, 6.45) is 6.98. The van der Waals surface area contributed by atoms with Crippen LogP contribution in [0.1, 0.15) is 55.4 Å². The van der Waals surface area contributed by atoms with Crippen molar-refractivity contribution in [3.63, 3.8) is 0 Å². The quantitative estimate of drug-likeness (QED) is 0.252. The molecule has 0 saturated heterocycles. The van der Waals surface area contributed by atoms with Crippen LogP contribution in [0.3, 0.4) is 0 Å². The van der Waals surface area contributed by atoms with Gasteiger partial charge in [0.2, 0.25) is 5.91 Å². The Morgan fingerprint density at radius 2 is 2.05 bits per heavy atom. The fraction of sp³-hybridized carbons (Fsp3) is 0.448. The van der Waals surface area contributed by atoms with Gasteiger partial charge in [0, 0.05) is 31.4 Å². The molecule has 1 heterocycles. The Bertz CT molecular complexity index is 1190. The second-order valence-corrected chi connectivity index (χ2v) is 9.94. The molecule has 2 unspecified atom stereocenters. The van der Waals surface area contributed by atoms with Gasteiger partial charge in [-0.2, -0.15) is 0 Å². The van der Waals surface area contributed by atoms with Crippen LogP contribution >= 0.6 is 0 Å². The maximum absolute atomic E-state index is 14.3. The predicted molar refractivity (Wildman–Crippen MR) is 144 cm³/mol. The Labute approximate surface area is 222 Å². The van der Waals surface area contributed by atoms with Crippen LogP contribution in [0.15, 0.2) is 55.0 Å². The predicted octanol–water partition coefficient (Wildman–Crippen LogP) is 4.13. The minimum Gasteiger partial charge on any atom is -0.387 e. The normalized spacial score (nSPS) is 16.6. The number of aromatic nitrogens is 2. The Hall–Kier alpha value is -3.14. The SMILES string of the molecule is CCC[C@H](NC1CCc2cc(F)cc(F)c2C1)C(=O)Nc1cn(CCCNCC(O)c2ccccc2)cn1. The third-order valence-corrected chi connectivity index (χ3v) is 6.97. The second-order valence-electron chi connectivity index (χ2n) is 9.94. The number of aliphatic hydroxyl groups is 1. The number of rotatable bonds is 13. The smallest absolute Gasteiger partial charge is 0.242 e. The molecule has 0 spiro atoms. The summed E-state index contributed by atoms with van der Waals surface area (Å²) < 4.78 is 29.8. The fourth-order valence-corrected chi connectivity index (χ4v) is 4.97. The van der Waals surface area contributed by atoms with E-state index in [0.29, 0.717) is 49.2 Å². The van der Waals surface area contributed by atoms with Gasteiger partial charge in [-0.25, -0.2) is 13.8 Å². The second kappa shape index (κ2) is 13.6. The monoisotopic (exact) mass is 525 g/mol. The van der Waals surface area contributed by atoms with Gasteiger partial charge in [-0.05, 0) is 61.4 Å². The molecule has 0 fully saturated rings. The van der Waals surface area contributed by atoms with Crippen molar-refractivity contribution in [1.82, 2.24) is 20.2 Å². The van der Waals surface area contributed by atoms with Gasteiger partial charge in [0.05, 0.1) is 18.5 Å². The molecule has 9 heteroatoms. The molecule has 4 rings (SSSR count). The Morgan fingerprint density at radius 1 is 1.24 bits per heavy atom.